The van der Waals surface area contributed by atoms with E-state index in [1.54, 1.807) is 12.3 Å². The van der Waals surface area contributed by atoms with E-state index in [9.17, 15) is 4.79 Å². The van der Waals surface area contributed by atoms with Crippen molar-refractivity contribution in [2.75, 3.05) is 5.73 Å². The van der Waals surface area contributed by atoms with Gasteiger partial charge in [-0.1, -0.05) is 0 Å². The molecule has 4 nitrogen and oxygen atoms in total. The number of thiazole rings is 1. The molecule has 2 rings (SSSR count). The van der Waals surface area contributed by atoms with E-state index in [4.69, 9.17) is 5.73 Å². The van der Waals surface area contributed by atoms with Crippen LogP contribution in [0.1, 0.15) is 26.6 Å². The van der Waals surface area contributed by atoms with E-state index in [1.807, 2.05) is 19.2 Å². The first-order valence-electron chi connectivity index (χ1n) is 5.22. The van der Waals surface area contributed by atoms with Crippen molar-refractivity contribution in [1.29, 1.82) is 0 Å². The number of nitrogens with zero attached hydrogens (tertiary/aromatic N) is 2. The van der Waals surface area contributed by atoms with Crippen molar-refractivity contribution in [3.63, 3.8) is 0 Å². The number of hydrogen-bond acceptors (Lipinski definition) is 5. The molecule has 0 bridgehead atoms. The number of carbonyl (C=O) groups is 1. The van der Waals surface area contributed by atoms with Crippen LogP contribution >= 0.6 is 11.3 Å². The van der Waals surface area contributed by atoms with Gasteiger partial charge >= 0.3 is 0 Å². The molecule has 0 aromatic carbocycles. The molecule has 0 aliphatic rings. The number of carbonyl (C=O) groups excluding carboxylic acids is 1. The van der Waals surface area contributed by atoms with Gasteiger partial charge in [-0.05, 0) is 25.5 Å². The van der Waals surface area contributed by atoms with Crippen molar-refractivity contribution >= 4 is 22.9 Å². The largest absolute Gasteiger partial charge is 0.383 e. The van der Waals surface area contributed by atoms with Crippen LogP contribution in [0.2, 0.25) is 0 Å². The summed E-state index contributed by atoms with van der Waals surface area (Å²) >= 11 is 1.49. The van der Waals surface area contributed by atoms with Gasteiger partial charge in [-0.3, -0.25) is 4.79 Å². The van der Waals surface area contributed by atoms with Gasteiger partial charge in [-0.25, -0.2) is 9.97 Å². The zero-order chi connectivity index (χ0) is 12.4. The predicted molar refractivity (Wildman–Crippen MR) is 68.3 cm³/mol. The summed E-state index contributed by atoms with van der Waals surface area (Å²) in [6.07, 6.45) is 1.94. The Hall–Kier alpha value is -1.75. The number of hydrogen-bond donors (Lipinski definition) is 1. The summed E-state index contributed by atoms with van der Waals surface area (Å²) < 4.78 is 0. The monoisotopic (exact) mass is 247 g/mol. The first kappa shape index (κ1) is 11.7. The highest BCUT2D eigenvalue weighted by atomic mass is 32.1. The van der Waals surface area contributed by atoms with E-state index >= 15 is 0 Å². The molecule has 17 heavy (non-hydrogen) atoms. The lowest BCUT2D eigenvalue weighted by Crippen LogP contribution is -2.08. The van der Waals surface area contributed by atoms with E-state index < -0.39 is 0 Å². The van der Waals surface area contributed by atoms with Crippen LogP contribution in [0.4, 0.5) is 5.82 Å². The van der Waals surface area contributed by atoms with Gasteiger partial charge < -0.3 is 5.73 Å². The first-order valence-corrected chi connectivity index (χ1v) is 6.10. The van der Waals surface area contributed by atoms with E-state index in [0.717, 1.165) is 16.3 Å². The molecule has 88 valence electrons. The minimum Gasteiger partial charge on any atom is -0.383 e. The Morgan fingerprint density at radius 2 is 2.24 bits per heavy atom. The van der Waals surface area contributed by atoms with Crippen LogP contribution < -0.4 is 5.73 Å². The van der Waals surface area contributed by atoms with Gasteiger partial charge in [0.05, 0.1) is 12.0 Å². The summed E-state index contributed by atoms with van der Waals surface area (Å²) in [6.45, 7) is 3.80. The SMILES string of the molecule is Cc1cnc(N)c(C(=O)Cc2nc(C)cs2)c1. The Labute approximate surface area is 104 Å². The van der Waals surface area contributed by atoms with Crippen LogP contribution in [0.3, 0.4) is 0 Å². The van der Waals surface area contributed by atoms with Gasteiger partial charge in [0.1, 0.15) is 10.8 Å². The van der Waals surface area contributed by atoms with Crippen LogP contribution in [-0.4, -0.2) is 15.8 Å². The first-order chi connectivity index (χ1) is 8.06. The van der Waals surface area contributed by atoms with Crippen LogP contribution in [0.15, 0.2) is 17.6 Å². The second-order valence-corrected chi connectivity index (χ2v) is 4.87. The van der Waals surface area contributed by atoms with Crippen molar-refractivity contribution in [3.8, 4) is 0 Å². The second-order valence-electron chi connectivity index (χ2n) is 3.93. The number of aryl methyl sites for hydroxylation is 2. The zero-order valence-electron chi connectivity index (χ0n) is 9.73. The third-order valence-electron chi connectivity index (χ3n) is 2.33. The molecule has 0 spiro atoms. The highest BCUT2D eigenvalue weighted by molar-refractivity contribution is 7.09. The number of anilines is 1. The van der Waals surface area contributed by atoms with Crippen molar-refractivity contribution in [2.24, 2.45) is 0 Å². The smallest absolute Gasteiger partial charge is 0.173 e. The molecular formula is C12H13N3OS. The molecule has 0 atom stereocenters. The molecule has 0 aliphatic carbocycles. The zero-order valence-corrected chi connectivity index (χ0v) is 10.5. The standard InChI is InChI=1S/C12H13N3OS/c1-7-3-9(12(13)14-5-7)10(16)4-11-15-8(2)6-17-11/h3,5-6H,4H2,1-2H3,(H2,13,14). The Bertz CT molecular complexity index is 563. The number of Topliss-reactive ketones (excluding diaryl/α,β-unsaturated/α-hetero) is 1. The summed E-state index contributed by atoms with van der Waals surface area (Å²) in [5.41, 5.74) is 8.05. The Morgan fingerprint density at radius 1 is 1.47 bits per heavy atom. The van der Waals surface area contributed by atoms with Gasteiger partial charge in [-0.2, -0.15) is 0 Å². The summed E-state index contributed by atoms with van der Waals surface area (Å²) in [4.78, 5) is 20.3. The molecule has 0 radical (unpaired) electrons. The summed E-state index contributed by atoms with van der Waals surface area (Å²) in [5.74, 6) is 0.252. The van der Waals surface area contributed by atoms with Crippen LogP contribution in [0.5, 0.6) is 0 Å². The molecule has 2 heterocycles. The predicted octanol–water partition coefficient (Wildman–Crippen LogP) is 2.16. The fourth-order valence-electron chi connectivity index (χ4n) is 1.52. The van der Waals surface area contributed by atoms with Crippen molar-refractivity contribution in [3.05, 3.63) is 39.5 Å². The van der Waals surface area contributed by atoms with Crippen molar-refractivity contribution in [1.82, 2.24) is 9.97 Å². The molecule has 0 aliphatic heterocycles. The lowest BCUT2D eigenvalue weighted by molar-refractivity contribution is 0.0993. The van der Waals surface area contributed by atoms with Gasteiger partial charge in [-0.15, -0.1) is 11.3 Å². The third-order valence-corrected chi connectivity index (χ3v) is 3.30. The van der Waals surface area contributed by atoms with Crippen LogP contribution in [0, 0.1) is 13.8 Å². The third kappa shape index (κ3) is 2.68. The highest BCUT2D eigenvalue weighted by Gasteiger charge is 2.13. The van der Waals surface area contributed by atoms with Gasteiger partial charge in [0.25, 0.3) is 0 Å². The molecule has 0 amide bonds. The van der Waals surface area contributed by atoms with E-state index in [2.05, 4.69) is 9.97 Å². The van der Waals surface area contributed by atoms with E-state index in [0.29, 0.717) is 5.56 Å². The fraction of sp³-hybridized carbons (Fsp3) is 0.250. The maximum absolute atomic E-state index is 12.0. The highest BCUT2D eigenvalue weighted by Crippen LogP contribution is 2.16. The Morgan fingerprint density at radius 3 is 2.88 bits per heavy atom. The number of pyridine rings is 1. The van der Waals surface area contributed by atoms with Gasteiger partial charge in [0, 0.05) is 17.3 Å². The van der Waals surface area contributed by atoms with Crippen molar-refractivity contribution < 1.29 is 4.79 Å². The van der Waals surface area contributed by atoms with Crippen LogP contribution in [-0.2, 0) is 6.42 Å². The van der Waals surface area contributed by atoms with Gasteiger partial charge in [0.15, 0.2) is 5.78 Å². The van der Waals surface area contributed by atoms with E-state index in [-0.39, 0.29) is 18.0 Å². The topological polar surface area (TPSA) is 68.9 Å². The molecule has 0 saturated heterocycles. The van der Waals surface area contributed by atoms with E-state index in [1.165, 1.54) is 11.3 Å². The minimum absolute atomic E-state index is 0.0342. The fourth-order valence-corrected chi connectivity index (χ4v) is 2.29. The van der Waals surface area contributed by atoms with Crippen molar-refractivity contribution in [2.45, 2.75) is 20.3 Å². The molecule has 0 unspecified atom stereocenters. The molecule has 2 N–H and O–H groups in total. The average molecular weight is 247 g/mol. The lowest BCUT2D eigenvalue weighted by atomic mass is 10.1. The summed E-state index contributed by atoms with van der Waals surface area (Å²) in [7, 11) is 0. The number of nitrogen functional groups attached to an aromatic ring is 1. The normalized spacial score (nSPS) is 10.5. The number of nitrogens with two attached hydrogens (primary N) is 1. The summed E-state index contributed by atoms with van der Waals surface area (Å²) in [6, 6.07) is 1.77. The van der Waals surface area contributed by atoms with Crippen LogP contribution in [0.25, 0.3) is 0 Å². The molecule has 0 saturated carbocycles. The minimum atomic E-state index is -0.0342. The quantitative estimate of drug-likeness (QED) is 0.844. The lowest BCUT2D eigenvalue weighted by Gasteiger charge is -2.03. The molecule has 0 fully saturated rings. The number of aromatic nitrogens is 2. The maximum atomic E-state index is 12.0. The maximum Gasteiger partial charge on any atom is 0.173 e. The Balaban J connectivity index is 2.22. The number of ketones is 1. The average Bonchev–Trinajstić information content (AvgIpc) is 2.67. The number of rotatable bonds is 3. The van der Waals surface area contributed by atoms with Gasteiger partial charge in [0.2, 0.25) is 0 Å². The molecular weight excluding hydrogens is 234 g/mol. The second kappa shape index (κ2) is 4.63. The Kier molecular flexibility index (Phi) is 3.19. The molecule has 5 heteroatoms. The summed E-state index contributed by atoms with van der Waals surface area (Å²) in [5, 5.41) is 2.74. The molecule has 2 aromatic heterocycles. The molecule has 2 aromatic rings.